The molecule has 0 saturated heterocycles. The number of nitrogens with zero attached hydrogens (tertiary/aromatic N) is 2. The van der Waals surface area contributed by atoms with Crippen molar-refractivity contribution in [2.24, 2.45) is 0 Å². The average Bonchev–Trinajstić information content (AvgIpc) is 3.68. The molecule has 2 nitrogen and oxygen atoms in total. The van der Waals surface area contributed by atoms with Gasteiger partial charge in [-0.2, -0.15) is 0 Å². The molecule has 2 heterocycles. The molecule has 0 atom stereocenters. The molecule has 0 aliphatic carbocycles. The SMILES string of the molecule is c1ccc(-n2ccc3cc4c(ccc5c6ccccc6n(-c6ccc(P(c7ccccc7)c7ccccc7)cc6)c45)cc32)cc1. The van der Waals surface area contributed by atoms with Crippen molar-refractivity contribution in [3.8, 4) is 11.4 Å². The standard InChI is InChI=1S/C42H29N2P/c1-4-12-32(13-5-1)43-27-26-31-28-39-30(29-41(31)43)20-25-38-37-18-10-11-19-40(37)44(42(38)39)33-21-23-36(24-22-33)45(34-14-6-2-7-15-34)35-16-8-3-9-17-35/h1-29H. The summed E-state index contributed by atoms with van der Waals surface area (Å²) in [6, 6.07) is 62.1. The molecule has 0 radical (unpaired) electrons. The Balaban J connectivity index is 1.25. The van der Waals surface area contributed by atoms with E-state index >= 15 is 0 Å². The van der Waals surface area contributed by atoms with Gasteiger partial charge in [0, 0.05) is 39.1 Å². The predicted octanol–water partition coefficient (Wildman–Crippen LogP) is 9.64. The van der Waals surface area contributed by atoms with Crippen LogP contribution in [0.3, 0.4) is 0 Å². The summed E-state index contributed by atoms with van der Waals surface area (Å²) in [7, 11) is -0.662. The Morgan fingerprint density at radius 2 is 1.00 bits per heavy atom. The van der Waals surface area contributed by atoms with Crippen molar-refractivity contribution in [1.82, 2.24) is 9.13 Å². The van der Waals surface area contributed by atoms with Crippen molar-refractivity contribution in [2.75, 3.05) is 0 Å². The topological polar surface area (TPSA) is 9.86 Å². The zero-order chi connectivity index (χ0) is 29.7. The van der Waals surface area contributed by atoms with Gasteiger partial charge in [-0.05, 0) is 77.8 Å². The van der Waals surface area contributed by atoms with Gasteiger partial charge in [-0.25, -0.2) is 0 Å². The fraction of sp³-hybridized carbons (Fsp3) is 0. The quantitative estimate of drug-likeness (QED) is 0.176. The van der Waals surface area contributed by atoms with Gasteiger partial charge < -0.3 is 9.13 Å². The van der Waals surface area contributed by atoms with Gasteiger partial charge in [0.1, 0.15) is 0 Å². The molecule has 0 fully saturated rings. The zero-order valence-electron chi connectivity index (χ0n) is 24.6. The molecule has 0 bridgehead atoms. The first-order valence-corrected chi connectivity index (χ1v) is 16.7. The highest BCUT2D eigenvalue weighted by Crippen LogP contribution is 2.39. The van der Waals surface area contributed by atoms with Gasteiger partial charge in [0.15, 0.2) is 0 Å². The van der Waals surface area contributed by atoms with Crippen LogP contribution in [-0.4, -0.2) is 9.13 Å². The van der Waals surface area contributed by atoms with Gasteiger partial charge in [-0.3, -0.25) is 0 Å². The first kappa shape index (κ1) is 26.0. The Labute approximate surface area is 263 Å². The van der Waals surface area contributed by atoms with Crippen LogP contribution in [0, 0.1) is 0 Å². The van der Waals surface area contributed by atoms with Crippen LogP contribution in [0.5, 0.6) is 0 Å². The molecule has 45 heavy (non-hydrogen) atoms. The lowest BCUT2D eigenvalue weighted by Gasteiger charge is -2.20. The molecule has 0 aliphatic heterocycles. The number of benzene rings is 7. The van der Waals surface area contributed by atoms with Crippen LogP contribution < -0.4 is 15.9 Å². The van der Waals surface area contributed by atoms with Crippen molar-refractivity contribution in [3.05, 3.63) is 176 Å². The summed E-state index contributed by atoms with van der Waals surface area (Å²) in [5, 5.41) is 10.4. The summed E-state index contributed by atoms with van der Waals surface area (Å²) in [5.74, 6) is 0. The van der Waals surface area contributed by atoms with Gasteiger partial charge >= 0.3 is 0 Å². The molecule has 212 valence electrons. The molecule has 0 aliphatic rings. The summed E-state index contributed by atoms with van der Waals surface area (Å²) in [6.07, 6.45) is 2.18. The minimum absolute atomic E-state index is 0.662. The Kier molecular flexibility index (Phi) is 6.14. The van der Waals surface area contributed by atoms with Crippen molar-refractivity contribution in [1.29, 1.82) is 0 Å². The highest BCUT2D eigenvalue weighted by atomic mass is 31.1. The van der Waals surface area contributed by atoms with E-state index in [4.69, 9.17) is 0 Å². The van der Waals surface area contributed by atoms with E-state index in [1.54, 1.807) is 0 Å². The van der Waals surface area contributed by atoms with Crippen molar-refractivity contribution in [3.63, 3.8) is 0 Å². The molecule has 9 rings (SSSR count). The maximum absolute atomic E-state index is 2.46. The molecule has 0 spiro atoms. The Bertz CT molecular complexity index is 2420. The van der Waals surface area contributed by atoms with Gasteiger partial charge in [-0.1, -0.05) is 121 Å². The molecule has 0 amide bonds. The lowest BCUT2D eigenvalue weighted by Crippen LogP contribution is -2.20. The second-order valence-corrected chi connectivity index (χ2v) is 13.7. The molecule has 7 aromatic carbocycles. The summed E-state index contributed by atoms with van der Waals surface area (Å²) in [5.41, 5.74) is 6.05. The predicted molar refractivity (Wildman–Crippen MR) is 194 cm³/mol. The van der Waals surface area contributed by atoms with Crippen molar-refractivity contribution in [2.45, 2.75) is 0 Å². The van der Waals surface area contributed by atoms with E-state index in [-0.39, 0.29) is 0 Å². The highest BCUT2D eigenvalue weighted by Gasteiger charge is 2.19. The second-order valence-electron chi connectivity index (χ2n) is 11.5. The number of hydrogen-bond acceptors (Lipinski definition) is 0. The van der Waals surface area contributed by atoms with Crippen LogP contribution in [0.15, 0.2) is 176 Å². The Hall–Kier alpha value is -5.43. The van der Waals surface area contributed by atoms with Crippen LogP contribution in [0.2, 0.25) is 0 Å². The normalized spacial score (nSPS) is 11.8. The number of hydrogen-bond donors (Lipinski definition) is 0. The molecular weight excluding hydrogens is 563 g/mol. The number of para-hydroxylation sites is 2. The van der Waals surface area contributed by atoms with Gasteiger partial charge in [0.2, 0.25) is 0 Å². The first-order chi connectivity index (χ1) is 22.3. The molecule has 2 aromatic heterocycles. The van der Waals surface area contributed by atoms with E-state index in [2.05, 4.69) is 185 Å². The number of fused-ring (bicyclic) bond motifs is 6. The summed E-state index contributed by atoms with van der Waals surface area (Å²) in [4.78, 5) is 0. The second kappa shape index (κ2) is 10.6. The number of aromatic nitrogens is 2. The Morgan fingerprint density at radius 3 is 1.71 bits per heavy atom. The van der Waals surface area contributed by atoms with Crippen LogP contribution >= 0.6 is 7.92 Å². The van der Waals surface area contributed by atoms with Crippen molar-refractivity contribution >= 4 is 67.3 Å². The minimum Gasteiger partial charge on any atom is -0.317 e. The van der Waals surface area contributed by atoms with E-state index in [0.717, 1.165) is 0 Å². The average molecular weight is 593 g/mol. The maximum Gasteiger partial charge on any atom is 0.0619 e. The third-order valence-corrected chi connectivity index (χ3v) is 11.3. The molecule has 0 unspecified atom stereocenters. The lowest BCUT2D eigenvalue weighted by molar-refractivity contribution is 1.13. The summed E-state index contributed by atoms with van der Waals surface area (Å²) >= 11 is 0. The van der Waals surface area contributed by atoms with Crippen LogP contribution in [-0.2, 0) is 0 Å². The van der Waals surface area contributed by atoms with Crippen LogP contribution in [0.1, 0.15) is 0 Å². The molecule has 0 N–H and O–H groups in total. The molecule has 0 saturated carbocycles. The van der Waals surface area contributed by atoms with Crippen molar-refractivity contribution < 1.29 is 0 Å². The zero-order valence-corrected chi connectivity index (χ0v) is 25.5. The molecular formula is C42H29N2P. The summed E-state index contributed by atoms with van der Waals surface area (Å²) in [6.45, 7) is 0. The first-order valence-electron chi connectivity index (χ1n) is 15.4. The van der Waals surface area contributed by atoms with E-state index < -0.39 is 7.92 Å². The van der Waals surface area contributed by atoms with Gasteiger partial charge in [0.05, 0.1) is 16.6 Å². The van der Waals surface area contributed by atoms with E-state index in [1.165, 1.54) is 70.8 Å². The molecule has 3 heteroatoms. The molecule has 9 aromatic rings. The third kappa shape index (κ3) is 4.30. The van der Waals surface area contributed by atoms with E-state index in [9.17, 15) is 0 Å². The minimum atomic E-state index is -0.662. The van der Waals surface area contributed by atoms with Gasteiger partial charge in [-0.15, -0.1) is 0 Å². The fourth-order valence-corrected chi connectivity index (χ4v) is 9.13. The smallest absolute Gasteiger partial charge is 0.0619 e. The fourth-order valence-electron chi connectivity index (χ4n) is 6.85. The van der Waals surface area contributed by atoms with Gasteiger partial charge in [0.25, 0.3) is 0 Å². The largest absolute Gasteiger partial charge is 0.317 e. The Morgan fingerprint density at radius 1 is 0.378 bits per heavy atom. The monoisotopic (exact) mass is 592 g/mol. The maximum atomic E-state index is 2.46. The van der Waals surface area contributed by atoms with Crippen LogP contribution in [0.4, 0.5) is 0 Å². The van der Waals surface area contributed by atoms with E-state index in [1.807, 2.05) is 0 Å². The third-order valence-electron chi connectivity index (χ3n) is 8.89. The van der Waals surface area contributed by atoms with E-state index in [0.29, 0.717) is 0 Å². The number of rotatable bonds is 5. The van der Waals surface area contributed by atoms with Crippen LogP contribution in [0.25, 0.3) is 54.9 Å². The summed E-state index contributed by atoms with van der Waals surface area (Å²) < 4.78 is 4.75. The lowest BCUT2D eigenvalue weighted by atomic mass is 10.0. The highest BCUT2D eigenvalue weighted by molar-refractivity contribution is 7.79.